The van der Waals surface area contributed by atoms with Crippen LogP contribution in [-0.4, -0.2) is 63.2 Å². The first-order chi connectivity index (χ1) is 16.0. The van der Waals surface area contributed by atoms with E-state index in [0.717, 1.165) is 50.2 Å². The second kappa shape index (κ2) is 10.8. The minimum atomic E-state index is -0.601. The highest BCUT2D eigenvalue weighted by Gasteiger charge is 2.26. The molecular formula is C26H34N4O3. The first-order valence-electron chi connectivity index (χ1n) is 11.8. The third kappa shape index (κ3) is 5.92. The van der Waals surface area contributed by atoms with Crippen molar-refractivity contribution in [1.82, 2.24) is 15.5 Å². The largest absolute Gasteiger partial charge is 0.378 e. The molecule has 2 aliphatic rings. The van der Waals surface area contributed by atoms with Crippen LogP contribution < -0.4 is 15.5 Å². The van der Waals surface area contributed by atoms with Gasteiger partial charge in [-0.05, 0) is 48.1 Å². The van der Waals surface area contributed by atoms with Gasteiger partial charge in [0.05, 0.1) is 12.1 Å². The van der Waals surface area contributed by atoms with Crippen molar-refractivity contribution >= 4 is 17.5 Å². The summed E-state index contributed by atoms with van der Waals surface area (Å²) in [6.45, 7) is 3.19. The lowest BCUT2D eigenvalue weighted by Gasteiger charge is -2.36. The first-order valence-corrected chi connectivity index (χ1v) is 11.8. The fourth-order valence-electron chi connectivity index (χ4n) is 4.60. The van der Waals surface area contributed by atoms with Crippen LogP contribution in [0.5, 0.6) is 0 Å². The van der Waals surface area contributed by atoms with Gasteiger partial charge in [-0.1, -0.05) is 36.4 Å². The number of hydrogen-bond donors (Lipinski definition) is 2. The number of nitrogens with zero attached hydrogens (tertiary/aromatic N) is 2. The fourth-order valence-corrected chi connectivity index (χ4v) is 4.60. The number of fused-ring (bicyclic) bond motifs is 1. The smallest absolute Gasteiger partial charge is 0.309 e. The maximum atomic E-state index is 12.5. The fraction of sp³-hybridized carbons (Fsp3) is 0.462. The molecule has 2 amide bonds. The molecule has 176 valence electrons. The lowest BCUT2D eigenvalue weighted by atomic mass is 9.96. The SMILES string of the molecule is CN(C)c1ccc([C@@H](CNC(=O)C(=O)NC[C@H]2CCCO2)N2CCc3ccccc3C2)cc1. The van der Waals surface area contributed by atoms with E-state index in [4.69, 9.17) is 4.74 Å². The highest BCUT2D eigenvalue weighted by molar-refractivity contribution is 6.35. The van der Waals surface area contributed by atoms with Crippen molar-refractivity contribution in [3.05, 3.63) is 65.2 Å². The molecule has 1 saturated heterocycles. The lowest BCUT2D eigenvalue weighted by Crippen LogP contribution is -2.46. The van der Waals surface area contributed by atoms with E-state index in [0.29, 0.717) is 13.1 Å². The Hall–Kier alpha value is -2.90. The third-order valence-corrected chi connectivity index (χ3v) is 6.57. The van der Waals surface area contributed by atoms with Gasteiger partial charge in [-0.15, -0.1) is 0 Å². The molecule has 0 spiro atoms. The molecule has 7 heteroatoms. The van der Waals surface area contributed by atoms with Gasteiger partial charge in [-0.25, -0.2) is 0 Å². The monoisotopic (exact) mass is 450 g/mol. The molecule has 0 radical (unpaired) electrons. The number of ether oxygens (including phenoxy) is 1. The number of nitrogens with one attached hydrogen (secondary N) is 2. The van der Waals surface area contributed by atoms with E-state index in [-0.39, 0.29) is 12.1 Å². The molecule has 2 heterocycles. The summed E-state index contributed by atoms with van der Waals surface area (Å²) >= 11 is 0. The third-order valence-electron chi connectivity index (χ3n) is 6.57. The van der Waals surface area contributed by atoms with Crippen molar-refractivity contribution in [2.24, 2.45) is 0 Å². The Bertz CT molecular complexity index is 954. The Morgan fingerprint density at radius 1 is 1.06 bits per heavy atom. The minimum Gasteiger partial charge on any atom is -0.378 e. The van der Waals surface area contributed by atoms with Crippen LogP contribution in [0.25, 0.3) is 0 Å². The number of benzene rings is 2. The molecule has 2 aromatic rings. The molecule has 33 heavy (non-hydrogen) atoms. The van der Waals surface area contributed by atoms with Gasteiger partial charge in [0.1, 0.15) is 0 Å². The maximum absolute atomic E-state index is 12.5. The minimum absolute atomic E-state index is 0.0122. The number of carbonyl (C=O) groups excluding carboxylic acids is 2. The van der Waals surface area contributed by atoms with Gasteiger partial charge in [0.2, 0.25) is 0 Å². The number of rotatable bonds is 7. The molecule has 2 aliphatic heterocycles. The predicted octanol–water partition coefficient (Wildman–Crippen LogP) is 2.26. The average molecular weight is 451 g/mol. The van der Waals surface area contributed by atoms with Gasteiger partial charge in [0.15, 0.2) is 0 Å². The molecule has 7 nitrogen and oxygen atoms in total. The van der Waals surface area contributed by atoms with E-state index in [1.165, 1.54) is 11.1 Å². The maximum Gasteiger partial charge on any atom is 0.309 e. The summed E-state index contributed by atoms with van der Waals surface area (Å²) in [5.41, 5.74) is 4.95. The predicted molar refractivity (Wildman–Crippen MR) is 129 cm³/mol. The van der Waals surface area contributed by atoms with Gasteiger partial charge >= 0.3 is 11.8 Å². The Morgan fingerprint density at radius 2 is 1.79 bits per heavy atom. The Kier molecular flexibility index (Phi) is 7.62. The van der Waals surface area contributed by atoms with Crippen LogP contribution in [0.1, 0.15) is 35.6 Å². The van der Waals surface area contributed by atoms with Gasteiger partial charge in [-0.3, -0.25) is 14.5 Å². The van der Waals surface area contributed by atoms with Gasteiger partial charge in [0, 0.05) is 52.6 Å². The van der Waals surface area contributed by atoms with Gasteiger partial charge < -0.3 is 20.3 Å². The number of amides is 2. The van der Waals surface area contributed by atoms with Gasteiger partial charge in [-0.2, -0.15) is 0 Å². The zero-order chi connectivity index (χ0) is 23.2. The summed E-state index contributed by atoms with van der Waals surface area (Å²) < 4.78 is 5.52. The van der Waals surface area contributed by atoms with Crippen LogP contribution in [0.2, 0.25) is 0 Å². The molecule has 0 aromatic heterocycles. The van der Waals surface area contributed by atoms with Crippen molar-refractivity contribution in [2.45, 2.75) is 38.0 Å². The quantitative estimate of drug-likeness (QED) is 0.633. The van der Waals surface area contributed by atoms with Crippen LogP contribution in [0.15, 0.2) is 48.5 Å². The van der Waals surface area contributed by atoms with Gasteiger partial charge in [0.25, 0.3) is 0 Å². The number of carbonyl (C=O) groups is 2. The molecule has 1 fully saturated rings. The van der Waals surface area contributed by atoms with Crippen molar-refractivity contribution < 1.29 is 14.3 Å². The standard InChI is InChI=1S/C26H34N4O3/c1-29(2)22-11-9-20(10-12-22)24(30-14-13-19-6-3-4-7-21(19)18-30)17-28-26(32)25(31)27-16-23-8-5-15-33-23/h3-4,6-7,9-12,23-24H,5,8,13-18H2,1-2H3,(H,27,31)(H,28,32)/t23-,24-/m1/s1. The lowest BCUT2D eigenvalue weighted by molar-refractivity contribution is -0.139. The molecule has 2 aromatic carbocycles. The first kappa shape index (κ1) is 23.3. The highest BCUT2D eigenvalue weighted by atomic mass is 16.5. The van der Waals surface area contributed by atoms with Crippen LogP contribution in [0.4, 0.5) is 5.69 Å². The highest BCUT2D eigenvalue weighted by Crippen LogP contribution is 2.28. The normalized spacial score (nSPS) is 18.9. The van der Waals surface area contributed by atoms with Crippen molar-refractivity contribution in [2.75, 3.05) is 45.2 Å². The summed E-state index contributed by atoms with van der Waals surface area (Å²) in [6, 6.07) is 16.9. The van der Waals surface area contributed by atoms with Crippen LogP contribution in [-0.2, 0) is 27.3 Å². The van der Waals surface area contributed by atoms with Crippen LogP contribution in [0, 0.1) is 0 Å². The van der Waals surface area contributed by atoms with E-state index >= 15 is 0 Å². The summed E-state index contributed by atoms with van der Waals surface area (Å²) in [5.74, 6) is -1.20. The molecule has 0 bridgehead atoms. The summed E-state index contributed by atoms with van der Waals surface area (Å²) in [5, 5.41) is 5.58. The van der Waals surface area contributed by atoms with E-state index < -0.39 is 11.8 Å². The van der Waals surface area contributed by atoms with E-state index in [9.17, 15) is 9.59 Å². The second-order valence-corrected chi connectivity index (χ2v) is 9.05. The second-order valence-electron chi connectivity index (χ2n) is 9.05. The van der Waals surface area contributed by atoms with Crippen molar-refractivity contribution in [3.63, 3.8) is 0 Å². The number of hydrogen-bond acceptors (Lipinski definition) is 5. The zero-order valence-electron chi connectivity index (χ0n) is 19.5. The zero-order valence-corrected chi connectivity index (χ0v) is 19.5. The molecular weight excluding hydrogens is 416 g/mol. The Balaban J connectivity index is 1.43. The molecule has 4 rings (SSSR count). The molecule has 0 saturated carbocycles. The topological polar surface area (TPSA) is 73.9 Å². The van der Waals surface area contributed by atoms with E-state index in [1.54, 1.807) is 0 Å². The van der Waals surface area contributed by atoms with E-state index in [2.05, 4.69) is 69.0 Å². The molecule has 0 unspecified atom stereocenters. The van der Waals surface area contributed by atoms with Crippen molar-refractivity contribution in [1.29, 1.82) is 0 Å². The Labute approximate surface area is 196 Å². The average Bonchev–Trinajstić information content (AvgIpc) is 3.36. The summed E-state index contributed by atoms with van der Waals surface area (Å²) in [7, 11) is 4.03. The van der Waals surface area contributed by atoms with Crippen LogP contribution >= 0.6 is 0 Å². The van der Waals surface area contributed by atoms with Crippen LogP contribution in [0.3, 0.4) is 0 Å². The van der Waals surface area contributed by atoms with Crippen molar-refractivity contribution in [3.8, 4) is 0 Å². The van der Waals surface area contributed by atoms with E-state index in [1.807, 2.05) is 14.1 Å². The number of anilines is 1. The summed E-state index contributed by atoms with van der Waals surface area (Å²) in [6.07, 6.45) is 2.90. The Morgan fingerprint density at radius 3 is 2.48 bits per heavy atom. The molecule has 2 N–H and O–H groups in total. The molecule has 2 atom stereocenters. The molecule has 0 aliphatic carbocycles. The summed E-state index contributed by atoms with van der Waals surface area (Å²) in [4.78, 5) is 29.3.